The van der Waals surface area contributed by atoms with Crippen molar-refractivity contribution >= 4 is 18.0 Å². The minimum Gasteiger partial charge on any atom is -0.384 e. The van der Waals surface area contributed by atoms with Gasteiger partial charge in [0.25, 0.3) is 0 Å². The first kappa shape index (κ1) is 12.1. The Bertz CT molecular complexity index is 566. The van der Waals surface area contributed by atoms with E-state index >= 15 is 0 Å². The second-order valence-electron chi connectivity index (χ2n) is 3.71. The van der Waals surface area contributed by atoms with Crippen LogP contribution < -0.4 is 11.5 Å². The van der Waals surface area contributed by atoms with E-state index in [0.29, 0.717) is 12.4 Å². The summed E-state index contributed by atoms with van der Waals surface area (Å²) in [4.78, 5) is 4.06. The van der Waals surface area contributed by atoms with Gasteiger partial charge < -0.3 is 11.5 Å². The number of H-pyrrole nitrogens is 1. The largest absolute Gasteiger partial charge is 0.384 e. The molecule has 2 aromatic heterocycles. The van der Waals surface area contributed by atoms with Crippen molar-refractivity contribution in [2.45, 2.75) is 0 Å². The molecule has 2 rings (SSSR count). The number of aromatic nitrogens is 3. The maximum atomic E-state index is 5.57. The Morgan fingerprint density at radius 1 is 1.39 bits per heavy atom. The molecule has 2 aromatic rings. The van der Waals surface area contributed by atoms with Crippen molar-refractivity contribution in [1.29, 1.82) is 0 Å². The van der Waals surface area contributed by atoms with E-state index in [2.05, 4.69) is 21.8 Å². The van der Waals surface area contributed by atoms with Crippen LogP contribution in [0.3, 0.4) is 0 Å². The van der Waals surface area contributed by atoms with Gasteiger partial charge in [0.15, 0.2) is 0 Å². The van der Waals surface area contributed by atoms with Crippen molar-refractivity contribution < 1.29 is 0 Å². The standard InChI is InChI=1S/C13H15N5/c1-2-11-10(4-3-7-14)13(18-17-11)9-5-6-12(15)16-8-9/h2-6,8H,1,7,14H2,(H2,15,16)(H,17,18)/b4-3+. The fraction of sp³-hybridized carbons (Fsp3) is 0.0769. The average molecular weight is 241 g/mol. The molecule has 0 aliphatic heterocycles. The molecule has 0 fully saturated rings. The quantitative estimate of drug-likeness (QED) is 0.759. The zero-order chi connectivity index (χ0) is 13.0. The van der Waals surface area contributed by atoms with E-state index in [0.717, 1.165) is 22.5 Å². The third kappa shape index (κ3) is 2.31. The third-order valence-corrected chi connectivity index (χ3v) is 2.52. The van der Waals surface area contributed by atoms with Crippen molar-refractivity contribution in [3.8, 4) is 11.3 Å². The SMILES string of the molecule is C=Cc1[nH]nc(-c2ccc(N)nc2)c1/C=C/CN. The molecule has 0 unspecified atom stereocenters. The van der Waals surface area contributed by atoms with Gasteiger partial charge in [-0.05, 0) is 18.2 Å². The Kier molecular flexibility index (Phi) is 3.54. The van der Waals surface area contributed by atoms with Gasteiger partial charge in [-0.2, -0.15) is 5.10 Å². The molecule has 0 aliphatic carbocycles. The van der Waals surface area contributed by atoms with Crippen LogP contribution in [-0.2, 0) is 0 Å². The molecule has 2 heterocycles. The first-order chi connectivity index (χ1) is 8.76. The minimum absolute atomic E-state index is 0.473. The molecule has 0 spiro atoms. The van der Waals surface area contributed by atoms with Crippen LogP contribution in [-0.4, -0.2) is 21.7 Å². The van der Waals surface area contributed by atoms with Crippen LogP contribution >= 0.6 is 0 Å². The predicted octanol–water partition coefficient (Wildman–Crippen LogP) is 1.67. The topological polar surface area (TPSA) is 93.6 Å². The van der Waals surface area contributed by atoms with E-state index in [1.165, 1.54) is 0 Å². The molecule has 0 saturated heterocycles. The first-order valence-electron chi connectivity index (χ1n) is 5.55. The summed E-state index contributed by atoms with van der Waals surface area (Å²) in [6, 6.07) is 3.62. The molecule has 18 heavy (non-hydrogen) atoms. The molecule has 0 radical (unpaired) electrons. The first-order valence-corrected chi connectivity index (χ1v) is 5.55. The number of rotatable bonds is 4. The number of nitrogens with one attached hydrogen (secondary N) is 1. The second-order valence-corrected chi connectivity index (χ2v) is 3.71. The van der Waals surface area contributed by atoms with Gasteiger partial charge in [-0.15, -0.1) is 0 Å². The minimum atomic E-state index is 0.473. The summed E-state index contributed by atoms with van der Waals surface area (Å²) < 4.78 is 0. The van der Waals surface area contributed by atoms with Crippen LogP contribution in [0, 0.1) is 0 Å². The monoisotopic (exact) mass is 241 g/mol. The fourth-order valence-corrected chi connectivity index (χ4v) is 1.64. The van der Waals surface area contributed by atoms with E-state index in [1.54, 1.807) is 18.3 Å². The highest BCUT2D eigenvalue weighted by molar-refractivity contribution is 5.77. The lowest BCUT2D eigenvalue weighted by atomic mass is 10.1. The lowest BCUT2D eigenvalue weighted by Crippen LogP contribution is -1.93. The van der Waals surface area contributed by atoms with E-state index in [1.807, 2.05) is 18.2 Å². The molecule has 0 saturated carbocycles. The molecule has 0 amide bonds. The Balaban J connectivity index is 2.50. The van der Waals surface area contributed by atoms with E-state index < -0.39 is 0 Å². The number of anilines is 1. The summed E-state index contributed by atoms with van der Waals surface area (Å²) >= 11 is 0. The molecule has 5 N–H and O–H groups in total. The molecule has 0 aliphatic rings. The summed E-state index contributed by atoms with van der Waals surface area (Å²) in [5, 5.41) is 7.20. The lowest BCUT2D eigenvalue weighted by molar-refractivity contribution is 1.08. The van der Waals surface area contributed by atoms with Gasteiger partial charge >= 0.3 is 0 Å². The number of nitrogens with zero attached hydrogens (tertiary/aromatic N) is 2. The van der Waals surface area contributed by atoms with Crippen molar-refractivity contribution in [2.75, 3.05) is 12.3 Å². The summed E-state index contributed by atoms with van der Waals surface area (Å²) in [5.74, 6) is 0.484. The average Bonchev–Trinajstić information content (AvgIpc) is 2.80. The van der Waals surface area contributed by atoms with E-state index in [9.17, 15) is 0 Å². The number of nitrogen functional groups attached to an aromatic ring is 1. The van der Waals surface area contributed by atoms with Crippen LogP contribution in [0.15, 0.2) is 31.0 Å². The van der Waals surface area contributed by atoms with Gasteiger partial charge in [0.1, 0.15) is 11.5 Å². The fourth-order valence-electron chi connectivity index (χ4n) is 1.64. The van der Waals surface area contributed by atoms with Crippen molar-refractivity contribution in [1.82, 2.24) is 15.2 Å². The zero-order valence-electron chi connectivity index (χ0n) is 9.93. The highest BCUT2D eigenvalue weighted by atomic mass is 15.1. The van der Waals surface area contributed by atoms with Gasteiger partial charge in [0, 0.05) is 23.9 Å². The Hall–Kier alpha value is -2.40. The maximum absolute atomic E-state index is 5.57. The summed E-state index contributed by atoms with van der Waals surface area (Å²) in [6.07, 6.45) is 7.20. The van der Waals surface area contributed by atoms with Crippen LogP contribution in [0.2, 0.25) is 0 Å². The van der Waals surface area contributed by atoms with Crippen LogP contribution in [0.1, 0.15) is 11.3 Å². The molecule has 0 aromatic carbocycles. The number of aromatic amines is 1. The molecular formula is C13H15N5. The normalized spacial score (nSPS) is 10.9. The Morgan fingerprint density at radius 3 is 2.83 bits per heavy atom. The third-order valence-electron chi connectivity index (χ3n) is 2.52. The molecule has 5 nitrogen and oxygen atoms in total. The zero-order valence-corrected chi connectivity index (χ0v) is 9.93. The summed E-state index contributed by atoms with van der Waals surface area (Å²) in [6.45, 7) is 4.22. The van der Waals surface area contributed by atoms with Gasteiger partial charge in [0.05, 0.1) is 5.69 Å². The highest BCUT2D eigenvalue weighted by Gasteiger charge is 2.10. The molecule has 5 heteroatoms. The van der Waals surface area contributed by atoms with Gasteiger partial charge in [-0.1, -0.05) is 18.7 Å². The van der Waals surface area contributed by atoms with Crippen molar-refractivity contribution in [3.63, 3.8) is 0 Å². The molecular weight excluding hydrogens is 226 g/mol. The number of hydrogen-bond acceptors (Lipinski definition) is 4. The van der Waals surface area contributed by atoms with Crippen molar-refractivity contribution in [3.05, 3.63) is 42.2 Å². The number of hydrogen-bond donors (Lipinski definition) is 3. The second kappa shape index (κ2) is 5.29. The maximum Gasteiger partial charge on any atom is 0.123 e. The van der Waals surface area contributed by atoms with Gasteiger partial charge in [0.2, 0.25) is 0 Å². The van der Waals surface area contributed by atoms with Crippen LogP contribution in [0.5, 0.6) is 0 Å². The smallest absolute Gasteiger partial charge is 0.123 e. The van der Waals surface area contributed by atoms with Gasteiger partial charge in [-0.3, -0.25) is 5.10 Å². The Morgan fingerprint density at radius 2 is 2.22 bits per heavy atom. The van der Waals surface area contributed by atoms with Crippen molar-refractivity contribution in [2.24, 2.45) is 5.73 Å². The Labute approximate surface area is 105 Å². The molecule has 92 valence electrons. The summed E-state index contributed by atoms with van der Waals surface area (Å²) in [7, 11) is 0. The molecule has 0 bridgehead atoms. The predicted molar refractivity (Wildman–Crippen MR) is 74.4 cm³/mol. The highest BCUT2D eigenvalue weighted by Crippen LogP contribution is 2.25. The summed E-state index contributed by atoms with van der Waals surface area (Å²) in [5.41, 5.74) is 14.5. The van der Waals surface area contributed by atoms with Crippen LogP contribution in [0.25, 0.3) is 23.4 Å². The lowest BCUT2D eigenvalue weighted by Gasteiger charge is -2.00. The van der Waals surface area contributed by atoms with E-state index in [-0.39, 0.29) is 0 Å². The van der Waals surface area contributed by atoms with Crippen LogP contribution in [0.4, 0.5) is 5.82 Å². The van der Waals surface area contributed by atoms with E-state index in [4.69, 9.17) is 11.5 Å². The van der Waals surface area contributed by atoms with Gasteiger partial charge in [-0.25, -0.2) is 4.98 Å². The number of pyridine rings is 1. The molecule has 0 atom stereocenters. The number of nitrogens with two attached hydrogens (primary N) is 2.